The molecule has 0 aliphatic rings. The predicted octanol–water partition coefficient (Wildman–Crippen LogP) is 20.6. The number of rotatable bonds is 10. The van der Waals surface area contributed by atoms with Crippen LogP contribution in [0.5, 0.6) is 0 Å². The Hall–Kier alpha value is -10.6. The van der Waals surface area contributed by atoms with Crippen molar-refractivity contribution in [1.82, 2.24) is 14.1 Å². The second kappa shape index (κ2) is 19.8. The van der Waals surface area contributed by atoms with Gasteiger partial charge in [0.25, 0.3) is 0 Å². The van der Waals surface area contributed by atoms with E-state index in [4.69, 9.17) is 4.98 Å². The molecule has 0 spiro atoms. The topological polar surface area (TPSA) is 22.8 Å². The Bertz CT molecular complexity index is 4350. The molecule has 3 heteroatoms. The Morgan fingerprint density at radius 1 is 0.175 bits per heavy atom. The molecule has 0 radical (unpaired) electrons. The van der Waals surface area contributed by atoms with Crippen LogP contribution in [0.2, 0.25) is 0 Å². The third-order valence-electron chi connectivity index (χ3n) is 16.0. The molecule has 0 saturated heterocycles. The van der Waals surface area contributed by atoms with Gasteiger partial charge in [-0.2, -0.15) is 0 Å². The zero-order valence-corrected chi connectivity index (χ0v) is 43.8. The molecular formula is C77H51N3. The molecule has 0 amide bonds. The van der Waals surface area contributed by atoms with E-state index in [-0.39, 0.29) is 0 Å². The molecule has 3 heterocycles. The number of fused-ring (bicyclic) bond motifs is 6. The van der Waals surface area contributed by atoms with E-state index in [9.17, 15) is 0 Å². The van der Waals surface area contributed by atoms with Crippen molar-refractivity contribution in [3.63, 3.8) is 0 Å². The van der Waals surface area contributed by atoms with Crippen LogP contribution in [-0.4, -0.2) is 14.1 Å². The fraction of sp³-hybridized carbons (Fsp3) is 0. The Morgan fingerprint density at radius 2 is 0.388 bits per heavy atom. The Labute approximate surface area is 465 Å². The molecule has 3 aromatic heterocycles. The van der Waals surface area contributed by atoms with Gasteiger partial charge in [0, 0.05) is 44.0 Å². The van der Waals surface area contributed by atoms with Gasteiger partial charge in [-0.15, -0.1) is 0 Å². The average Bonchev–Trinajstić information content (AvgIpc) is 4.12. The maximum atomic E-state index is 5.36. The molecule has 15 aromatic rings. The average molecular weight is 1020 g/mol. The van der Waals surface area contributed by atoms with Crippen molar-refractivity contribution in [3.8, 4) is 101 Å². The maximum Gasteiger partial charge on any atom is 0.0715 e. The van der Waals surface area contributed by atoms with Crippen LogP contribution < -0.4 is 0 Å². The normalized spacial score (nSPS) is 11.5. The second-order valence-electron chi connectivity index (χ2n) is 20.7. The van der Waals surface area contributed by atoms with Crippen LogP contribution in [-0.2, 0) is 0 Å². The first kappa shape index (κ1) is 46.7. The van der Waals surface area contributed by atoms with E-state index >= 15 is 0 Å². The molecule has 0 atom stereocenters. The smallest absolute Gasteiger partial charge is 0.0715 e. The highest BCUT2D eigenvalue weighted by atomic mass is 15.0. The van der Waals surface area contributed by atoms with Gasteiger partial charge in [0.05, 0.1) is 33.5 Å². The van der Waals surface area contributed by atoms with Gasteiger partial charge in [-0.1, -0.05) is 249 Å². The molecule has 0 saturated carbocycles. The van der Waals surface area contributed by atoms with Gasteiger partial charge in [-0.3, -0.25) is 0 Å². The monoisotopic (exact) mass is 1020 g/mol. The molecule has 15 rings (SSSR count). The largest absolute Gasteiger partial charge is 0.309 e. The van der Waals surface area contributed by atoms with E-state index in [1.807, 2.05) is 0 Å². The quantitative estimate of drug-likeness (QED) is 0.134. The van der Waals surface area contributed by atoms with Crippen molar-refractivity contribution in [3.05, 3.63) is 309 Å². The van der Waals surface area contributed by atoms with Gasteiger partial charge in [0.15, 0.2) is 0 Å². The number of para-hydroxylation sites is 4. The second-order valence-corrected chi connectivity index (χ2v) is 20.7. The Kier molecular flexibility index (Phi) is 11.5. The molecule has 0 fully saturated rings. The van der Waals surface area contributed by atoms with Crippen molar-refractivity contribution in [1.29, 1.82) is 0 Å². The van der Waals surface area contributed by atoms with Gasteiger partial charge in [0.1, 0.15) is 0 Å². The summed E-state index contributed by atoms with van der Waals surface area (Å²) in [6.45, 7) is 0. The van der Waals surface area contributed by atoms with Crippen molar-refractivity contribution < 1.29 is 0 Å². The summed E-state index contributed by atoms with van der Waals surface area (Å²) in [6.07, 6.45) is 0. The summed E-state index contributed by atoms with van der Waals surface area (Å²) in [6, 6.07) is 112. The van der Waals surface area contributed by atoms with Crippen molar-refractivity contribution in [2.24, 2.45) is 0 Å². The number of hydrogen-bond donors (Lipinski definition) is 0. The van der Waals surface area contributed by atoms with Crippen LogP contribution in [0.25, 0.3) is 144 Å². The molecule has 12 aromatic carbocycles. The number of pyridine rings is 1. The molecular weight excluding hydrogens is 967 g/mol. The fourth-order valence-corrected chi connectivity index (χ4v) is 11.9. The van der Waals surface area contributed by atoms with Gasteiger partial charge >= 0.3 is 0 Å². The lowest BCUT2D eigenvalue weighted by Gasteiger charge is -2.12. The molecule has 80 heavy (non-hydrogen) atoms. The van der Waals surface area contributed by atoms with Gasteiger partial charge in [-0.05, 0) is 127 Å². The van der Waals surface area contributed by atoms with E-state index in [1.165, 1.54) is 88.1 Å². The molecule has 0 aliphatic heterocycles. The standard InChI is InChI=1S/C77H51N3/c1-2-12-52(13-3-1)53-30-32-62(33-31-53)65-50-72(63-38-34-58(35-39-63)54-22-26-56(27-23-54)60-42-46-66(47-43-60)79-74-18-8-4-14-68(74)69-15-5-9-19-75(69)79)78-73(51-65)64-40-36-59(37-41-64)55-24-28-57(29-25-55)61-44-48-67(49-45-61)80-76-20-10-6-16-70(76)71-17-7-11-21-77(71)80/h1-51H. The van der Waals surface area contributed by atoms with Crippen LogP contribution >= 0.6 is 0 Å². The molecule has 0 bridgehead atoms. The third-order valence-corrected chi connectivity index (χ3v) is 16.0. The lowest BCUT2D eigenvalue weighted by atomic mass is 9.96. The maximum absolute atomic E-state index is 5.36. The van der Waals surface area contributed by atoms with Crippen molar-refractivity contribution in [2.45, 2.75) is 0 Å². The highest BCUT2D eigenvalue weighted by Gasteiger charge is 2.15. The molecule has 3 nitrogen and oxygen atoms in total. The first-order valence-electron chi connectivity index (χ1n) is 27.4. The Balaban J connectivity index is 0.690. The summed E-state index contributed by atoms with van der Waals surface area (Å²) in [5.41, 5.74) is 25.2. The lowest BCUT2D eigenvalue weighted by Crippen LogP contribution is -1.93. The number of benzene rings is 12. The van der Waals surface area contributed by atoms with Crippen molar-refractivity contribution >= 4 is 43.6 Å². The van der Waals surface area contributed by atoms with E-state index < -0.39 is 0 Å². The van der Waals surface area contributed by atoms with Crippen molar-refractivity contribution in [2.75, 3.05) is 0 Å². The third kappa shape index (κ3) is 8.46. The number of nitrogens with zero attached hydrogens (tertiary/aromatic N) is 3. The molecule has 374 valence electrons. The van der Waals surface area contributed by atoms with Gasteiger partial charge in [-0.25, -0.2) is 4.98 Å². The summed E-state index contributed by atoms with van der Waals surface area (Å²) in [4.78, 5) is 5.36. The van der Waals surface area contributed by atoms with Gasteiger partial charge in [0.2, 0.25) is 0 Å². The highest BCUT2D eigenvalue weighted by molar-refractivity contribution is 6.10. The Morgan fingerprint density at radius 3 is 0.675 bits per heavy atom. The van der Waals surface area contributed by atoms with Crippen LogP contribution in [0.15, 0.2) is 309 Å². The zero-order chi connectivity index (χ0) is 52.9. The number of hydrogen-bond acceptors (Lipinski definition) is 1. The van der Waals surface area contributed by atoms with E-state index in [1.54, 1.807) is 0 Å². The summed E-state index contributed by atoms with van der Waals surface area (Å²) in [5.74, 6) is 0. The SMILES string of the molecule is c1ccc(-c2ccc(-c3cc(-c4ccc(-c5ccc(-c6ccc(-n7c8ccccc8c8ccccc87)cc6)cc5)cc4)nc(-c4ccc(-c5ccc(-c6ccc(-n7c8ccccc8c8ccccc87)cc6)cc5)cc4)c3)cc2)cc1. The lowest BCUT2D eigenvalue weighted by molar-refractivity contribution is 1.18. The summed E-state index contributed by atoms with van der Waals surface area (Å²) < 4.78 is 4.73. The molecule has 0 N–H and O–H groups in total. The van der Waals surface area contributed by atoms with Crippen LogP contribution in [0.1, 0.15) is 0 Å². The summed E-state index contributed by atoms with van der Waals surface area (Å²) in [7, 11) is 0. The van der Waals surface area contributed by atoms with Crippen LogP contribution in [0, 0.1) is 0 Å². The summed E-state index contributed by atoms with van der Waals surface area (Å²) >= 11 is 0. The fourth-order valence-electron chi connectivity index (χ4n) is 11.9. The van der Waals surface area contributed by atoms with Gasteiger partial charge < -0.3 is 9.13 Å². The van der Waals surface area contributed by atoms with E-state index in [2.05, 4.69) is 319 Å². The van der Waals surface area contributed by atoms with Crippen LogP contribution in [0.4, 0.5) is 0 Å². The van der Waals surface area contributed by atoms with Crippen LogP contribution in [0.3, 0.4) is 0 Å². The highest BCUT2D eigenvalue weighted by Crippen LogP contribution is 2.38. The first-order chi connectivity index (χ1) is 39.6. The molecule has 0 aliphatic carbocycles. The summed E-state index contributed by atoms with van der Waals surface area (Å²) in [5, 5.41) is 5.08. The van der Waals surface area contributed by atoms with E-state index in [0.29, 0.717) is 0 Å². The van der Waals surface area contributed by atoms with E-state index in [0.717, 1.165) is 56.1 Å². The minimum atomic E-state index is 0.929. The minimum Gasteiger partial charge on any atom is -0.309 e. The first-order valence-corrected chi connectivity index (χ1v) is 27.4. The number of aromatic nitrogens is 3. The zero-order valence-electron chi connectivity index (χ0n) is 43.8. The minimum absolute atomic E-state index is 0.929. The predicted molar refractivity (Wildman–Crippen MR) is 336 cm³/mol. The molecule has 0 unspecified atom stereocenters.